The molecule has 5 rings (SSSR count). The van der Waals surface area contributed by atoms with Crippen LogP contribution in [0.25, 0.3) is 5.70 Å². The Hall–Kier alpha value is -2.53. The number of hydroxylamine groups is 1. The molecule has 4 aliphatic rings. The number of likely N-dealkylation sites (tertiary alicyclic amines) is 1. The lowest BCUT2D eigenvalue weighted by Gasteiger charge is -2.29. The Labute approximate surface area is 197 Å². The number of amides is 1. The molecular weight excluding hydrogens is 410 g/mol. The molecule has 1 saturated carbocycles. The van der Waals surface area contributed by atoms with Crippen molar-refractivity contribution in [3.8, 4) is 0 Å². The molecule has 3 aliphatic carbocycles. The van der Waals surface area contributed by atoms with Crippen molar-refractivity contribution < 1.29 is 10.0 Å². The summed E-state index contributed by atoms with van der Waals surface area (Å²) in [5, 5.41) is 8.88. The van der Waals surface area contributed by atoms with Crippen LogP contribution in [0, 0.1) is 23.2 Å². The number of nitrogens with zero attached hydrogens (tertiary/aromatic N) is 2. The molecular formula is C28H37N3O2. The molecule has 0 spiro atoms. The van der Waals surface area contributed by atoms with Crippen molar-refractivity contribution in [3.05, 3.63) is 65.5 Å². The molecule has 3 atom stereocenters. The van der Waals surface area contributed by atoms with Crippen LogP contribution in [0.3, 0.4) is 0 Å². The van der Waals surface area contributed by atoms with E-state index in [1.165, 1.54) is 41.8 Å². The van der Waals surface area contributed by atoms with Gasteiger partial charge in [0.15, 0.2) is 0 Å². The number of hydrogen-bond donors (Lipinski definition) is 2. The summed E-state index contributed by atoms with van der Waals surface area (Å²) in [5.41, 5.74) is 7.73. The highest BCUT2D eigenvalue weighted by Gasteiger charge is 2.56. The molecule has 1 saturated heterocycles. The van der Waals surface area contributed by atoms with Gasteiger partial charge >= 0.3 is 0 Å². The van der Waals surface area contributed by atoms with Gasteiger partial charge < -0.3 is 9.47 Å². The van der Waals surface area contributed by atoms with Crippen molar-refractivity contribution >= 4 is 11.6 Å². The largest absolute Gasteiger partial charge is 0.371 e. The van der Waals surface area contributed by atoms with E-state index in [0.717, 1.165) is 44.3 Å². The number of carbonyl (C=O) groups is 1. The van der Waals surface area contributed by atoms with E-state index in [1.807, 2.05) is 12.2 Å². The van der Waals surface area contributed by atoms with Gasteiger partial charge in [0.25, 0.3) is 5.91 Å². The maximum absolute atomic E-state index is 11.7. The van der Waals surface area contributed by atoms with Gasteiger partial charge in [-0.25, -0.2) is 5.48 Å². The van der Waals surface area contributed by atoms with Crippen LogP contribution in [0.15, 0.2) is 54.3 Å². The third-order valence-electron chi connectivity index (χ3n) is 8.63. The molecule has 1 aliphatic heterocycles. The van der Waals surface area contributed by atoms with Gasteiger partial charge in [0, 0.05) is 42.8 Å². The van der Waals surface area contributed by atoms with E-state index in [4.69, 9.17) is 5.21 Å². The quantitative estimate of drug-likeness (QED) is 0.488. The van der Waals surface area contributed by atoms with Crippen LogP contribution in [-0.4, -0.2) is 33.7 Å². The smallest absolute Gasteiger partial charge is 0.250 e. The Morgan fingerprint density at radius 2 is 2.21 bits per heavy atom. The fourth-order valence-electron chi connectivity index (χ4n) is 6.36. The zero-order valence-corrected chi connectivity index (χ0v) is 20.0. The van der Waals surface area contributed by atoms with Crippen molar-refractivity contribution in [3.63, 3.8) is 0 Å². The summed E-state index contributed by atoms with van der Waals surface area (Å²) >= 11 is 0. The maximum atomic E-state index is 11.7. The third kappa shape index (κ3) is 4.23. The predicted molar refractivity (Wildman–Crippen MR) is 131 cm³/mol. The molecule has 5 heteroatoms. The van der Waals surface area contributed by atoms with Gasteiger partial charge in [0.2, 0.25) is 0 Å². The molecule has 1 aromatic heterocycles. The first-order valence-electron chi connectivity index (χ1n) is 12.6. The fourth-order valence-corrected chi connectivity index (χ4v) is 6.36. The monoisotopic (exact) mass is 447 g/mol. The van der Waals surface area contributed by atoms with Crippen LogP contribution >= 0.6 is 0 Å². The molecule has 2 heterocycles. The van der Waals surface area contributed by atoms with E-state index in [-0.39, 0.29) is 11.8 Å². The van der Waals surface area contributed by atoms with Crippen molar-refractivity contribution in [2.45, 2.75) is 58.9 Å². The van der Waals surface area contributed by atoms with Gasteiger partial charge in [-0.05, 0) is 73.5 Å². The molecule has 0 aromatic carbocycles. The number of rotatable bonds is 5. The highest BCUT2D eigenvalue weighted by Crippen LogP contribution is 2.63. The van der Waals surface area contributed by atoms with Crippen LogP contribution in [0.1, 0.15) is 57.2 Å². The SMILES string of the molecule is CC(C)C12CCN(C3=CC=CCCc4c3ccn4CC3=CCC(C(=O)NO)C=C3)CCC1C2. The minimum atomic E-state index is -0.344. The van der Waals surface area contributed by atoms with Gasteiger partial charge in [-0.3, -0.25) is 10.0 Å². The Bertz CT molecular complexity index is 1030. The Balaban J connectivity index is 1.35. The van der Waals surface area contributed by atoms with E-state index in [9.17, 15) is 4.79 Å². The van der Waals surface area contributed by atoms with Crippen molar-refractivity contribution in [1.29, 1.82) is 0 Å². The summed E-state index contributed by atoms with van der Waals surface area (Å²) < 4.78 is 2.38. The van der Waals surface area contributed by atoms with Gasteiger partial charge in [-0.15, -0.1) is 0 Å². The van der Waals surface area contributed by atoms with Gasteiger partial charge in [-0.2, -0.15) is 0 Å². The topological polar surface area (TPSA) is 57.5 Å². The lowest BCUT2D eigenvalue weighted by molar-refractivity contribution is -0.131. The molecule has 3 unspecified atom stereocenters. The number of carbonyl (C=O) groups excluding carboxylic acids is 1. The lowest BCUT2D eigenvalue weighted by Crippen LogP contribution is -2.27. The molecule has 5 nitrogen and oxygen atoms in total. The minimum absolute atomic E-state index is 0.285. The van der Waals surface area contributed by atoms with Crippen molar-refractivity contribution in [2.75, 3.05) is 13.1 Å². The van der Waals surface area contributed by atoms with Crippen molar-refractivity contribution in [2.24, 2.45) is 23.2 Å². The minimum Gasteiger partial charge on any atom is -0.371 e. The first kappa shape index (κ1) is 22.3. The first-order chi connectivity index (χ1) is 16.0. The number of hydrogen-bond acceptors (Lipinski definition) is 3. The Kier molecular flexibility index (Phi) is 6.09. The van der Waals surface area contributed by atoms with E-state index in [2.05, 4.69) is 59.9 Å². The standard InChI is InChI=1S/C28H37N3O2/c1-20(2)28-14-17-30(15-12-23(28)18-28)25-6-4-3-5-7-26-24(25)13-16-31(26)19-21-8-10-22(11-9-21)27(32)29-33/h3-4,6,8-10,13,16,20,22-23,33H,5,7,11-12,14-15,17-19H2,1-2H3,(H,29,32). The van der Waals surface area contributed by atoms with E-state index >= 15 is 0 Å². The molecule has 0 radical (unpaired) electrons. The summed E-state index contributed by atoms with van der Waals surface area (Å²) in [7, 11) is 0. The Morgan fingerprint density at radius 3 is 2.97 bits per heavy atom. The van der Waals surface area contributed by atoms with Crippen LogP contribution in [0.4, 0.5) is 0 Å². The summed E-state index contributed by atoms with van der Waals surface area (Å²) in [5.74, 6) is 1.07. The van der Waals surface area contributed by atoms with Gasteiger partial charge in [0.05, 0.1) is 5.92 Å². The number of allylic oxidation sites excluding steroid dienone is 6. The highest BCUT2D eigenvalue weighted by molar-refractivity contribution is 5.79. The lowest BCUT2D eigenvalue weighted by atomic mass is 9.86. The second-order valence-corrected chi connectivity index (χ2v) is 10.6. The molecule has 2 fully saturated rings. The third-order valence-corrected chi connectivity index (χ3v) is 8.63. The van der Waals surface area contributed by atoms with Crippen molar-refractivity contribution in [1.82, 2.24) is 14.9 Å². The molecule has 0 bridgehead atoms. The zero-order valence-electron chi connectivity index (χ0n) is 20.0. The number of fused-ring (bicyclic) bond motifs is 2. The summed E-state index contributed by atoms with van der Waals surface area (Å²) in [6.45, 7) is 7.96. The number of aromatic nitrogens is 1. The maximum Gasteiger partial charge on any atom is 0.250 e. The molecule has 1 aromatic rings. The van der Waals surface area contributed by atoms with Gasteiger partial charge in [-0.1, -0.05) is 44.2 Å². The van der Waals surface area contributed by atoms with Crippen LogP contribution < -0.4 is 5.48 Å². The fraction of sp³-hybridized carbons (Fsp3) is 0.536. The Morgan fingerprint density at radius 1 is 1.33 bits per heavy atom. The second kappa shape index (κ2) is 9.02. The molecule has 176 valence electrons. The number of nitrogens with one attached hydrogen (secondary N) is 1. The predicted octanol–water partition coefficient (Wildman–Crippen LogP) is 5.10. The molecule has 33 heavy (non-hydrogen) atoms. The van der Waals surface area contributed by atoms with Crippen LogP contribution in [0.5, 0.6) is 0 Å². The highest BCUT2D eigenvalue weighted by atomic mass is 16.5. The van der Waals surface area contributed by atoms with E-state index in [1.54, 1.807) is 5.48 Å². The van der Waals surface area contributed by atoms with E-state index < -0.39 is 0 Å². The second-order valence-electron chi connectivity index (χ2n) is 10.6. The average molecular weight is 448 g/mol. The summed E-state index contributed by atoms with van der Waals surface area (Å²) in [6.07, 6.45) is 21.9. The van der Waals surface area contributed by atoms with Crippen LogP contribution in [-0.2, 0) is 17.8 Å². The summed E-state index contributed by atoms with van der Waals surface area (Å²) in [4.78, 5) is 14.3. The van der Waals surface area contributed by atoms with Crippen LogP contribution in [0.2, 0.25) is 0 Å². The normalized spacial score (nSPS) is 28.8. The zero-order chi connectivity index (χ0) is 23.0. The molecule has 1 amide bonds. The van der Waals surface area contributed by atoms with Gasteiger partial charge in [0.1, 0.15) is 0 Å². The molecule has 2 N–H and O–H groups in total. The average Bonchev–Trinajstić information content (AvgIpc) is 3.45. The van der Waals surface area contributed by atoms with E-state index in [0.29, 0.717) is 11.8 Å². The summed E-state index contributed by atoms with van der Waals surface area (Å²) in [6, 6.07) is 2.30. The first-order valence-corrected chi connectivity index (χ1v) is 12.6.